The maximum atomic E-state index is 13.0. The molecule has 0 radical (unpaired) electrons. The Kier molecular flexibility index (Phi) is 5.32. The van der Waals surface area contributed by atoms with Crippen molar-refractivity contribution in [2.45, 2.75) is 20.0 Å². The van der Waals surface area contributed by atoms with E-state index in [9.17, 15) is 18.8 Å². The van der Waals surface area contributed by atoms with Gasteiger partial charge < -0.3 is 9.88 Å². The van der Waals surface area contributed by atoms with Crippen LogP contribution >= 0.6 is 0 Å². The van der Waals surface area contributed by atoms with Gasteiger partial charge in [-0.2, -0.15) is 0 Å². The molecule has 3 rings (SSSR count). The molecule has 1 fully saturated rings. The number of carbonyl (C=O) groups is 1. The molecular formula is C18H21FN4O3. The molecule has 138 valence electrons. The molecule has 0 spiro atoms. The third-order valence-corrected chi connectivity index (χ3v) is 4.48. The van der Waals surface area contributed by atoms with Crippen LogP contribution in [0, 0.1) is 12.7 Å². The van der Waals surface area contributed by atoms with Crippen molar-refractivity contribution in [2.75, 3.05) is 26.2 Å². The van der Waals surface area contributed by atoms with Crippen molar-refractivity contribution in [1.29, 1.82) is 0 Å². The van der Waals surface area contributed by atoms with Crippen molar-refractivity contribution < 1.29 is 9.18 Å². The van der Waals surface area contributed by atoms with E-state index in [0.29, 0.717) is 31.9 Å². The molecule has 2 aromatic rings. The fraction of sp³-hybridized carbons (Fsp3) is 0.389. The van der Waals surface area contributed by atoms with E-state index in [2.05, 4.69) is 4.98 Å². The summed E-state index contributed by atoms with van der Waals surface area (Å²) < 4.78 is 14.1. The predicted molar refractivity (Wildman–Crippen MR) is 94.3 cm³/mol. The molecule has 1 aliphatic rings. The van der Waals surface area contributed by atoms with Gasteiger partial charge in [0.25, 0.3) is 5.56 Å². The maximum Gasteiger partial charge on any atom is 0.328 e. The van der Waals surface area contributed by atoms with E-state index >= 15 is 0 Å². The summed E-state index contributed by atoms with van der Waals surface area (Å²) in [5, 5.41) is 0. The smallest absolute Gasteiger partial charge is 0.328 e. The van der Waals surface area contributed by atoms with Crippen LogP contribution in [0.15, 0.2) is 39.9 Å². The van der Waals surface area contributed by atoms with Crippen molar-refractivity contribution >= 4 is 5.91 Å². The van der Waals surface area contributed by atoms with E-state index < -0.39 is 5.69 Å². The van der Waals surface area contributed by atoms with Gasteiger partial charge in [0.05, 0.1) is 6.54 Å². The number of H-pyrrole nitrogens is 1. The fourth-order valence-electron chi connectivity index (χ4n) is 3.01. The molecule has 0 aliphatic carbocycles. The number of aromatic nitrogens is 2. The normalized spacial score (nSPS) is 15.5. The van der Waals surface area contributed by atoms with E-state index in [1.807, 2.05) is 4.90 Å². The van der Waals surface area contributed by atoms with Gasteiger partial charge in [-0.05, 0) is 24.6 Å². The van der Waals surface area contributed by atoms with Crippen molar-refractivity contribution in [3.8, 4) is 0 Å². The third-order valence-electron chi connectivity index (χ3n) is 4.48. The van der Waals surface area contributed by atoms with Gasteiger partial charge >= 0.3 is 5.69 Å². The van der Waals surface area contributed by atoms with Gasteiger partial charge in [-0.1, -0.05) is 12.1 Å². The van der Waals surface area contributed by atoms with Crippen LogP contribution in [-0.2, 0) is 17.9 Å². The minimum atomic E-state index is -0.434. The number of benzene rings is 1. The zero-order chi connectivity index (χ0) is 18.7. The summed E-state index contributed by atoms with van der Waals surface area (Å²) in [6, 6.07) is 7.49. The van der Waals surface area contributed by atoms with Crippen molar-refractivity contribution in [1.82, 2.24) is 19.4 Å². The van der Waals surface area contributed by atoms with Gasteiger partial charge in [-0.3, -0.25) is 19.1 Å². The molecule has 0 unspecified atom stereocenters. The highest BCUT2D eigenvalue weighted by molar-refractivity contribution is 5.79. The fourth-order valence-corrected chi connectivity index (χ4v) is 3.01. The molecule has 0 saturated carbocycles. The summed E-state index contributed by atoms with van der Waals surface area (Å²) in [5.41, 5.74) is 0.635. The molecule has 0 atom stereocenters. The van der Waals surface area contributed by atoms with Gasteiger partial charge in [0, 0.05) is 44.5 Å². The average Bonchev–Trinajstić information content (AvgIpc) is 2.58. The Labute approximate surface area is 149 Å². The van der Waals surface area contributed by atoms with Gasteiger partial charge in [-0.15, -0.1) is 0 Å². The first-order valence-electron chi connectivity index (χ1n) is 8.48. The average molecular weight is 360 g/mol. The number of aryl methyl sites for hydroxylation is 1. The standard InChI is InChI=1S/C18H21FN4O3/c1-13-10-16(24)23(18(26)20-13)9-7-21-6-8-22(17(25)12-21)11-14-2-4-15(19)5-3-14/h2-5,10H,6-9,11-12H2,1H3,(H,20,26). The Morgan fingerprint density at radius 1 is 1.08 bits per heavy atom. The van der Waals surface area contributed by atoms with E-state index in [1.54, 1.807) is 24.0 Å². The number of nitrogens with zero attached hydrogens (tertiary/aromatic N) is 3. The van der Waals surface area contributed by atoms with Gasteiger partial charge in [-0.25, -0.2) is 9.18 Å². The van der Waals surface area contributed by atoms with Crippen LogP contribution in [0.1, 0.15) is 11.3 Å². The summed E-state index contributed by atoms with van der Waals surface area (Å²) in [6.07, 6.45) is 0. The summed E-state index contributed by atoms with van der Waals surface area (Å²) in [5.74, 6) is -0.322. The predicted octanol–water partition coefficient (Wildman–Crippen LogP) is 0.329. The van der Waals surface area contributed by atoms with E-state index in [-0.39, 0.29) is 30.4 Å². The summed E-state index contributed by atoms with van der Waals surface area (Å²) >= 11 is 0. The Bertz CT molecular complexity index is 873. The van der Waals surface area contributed by atoms with Crippen LogP contribution in [0.4, 0.5) is 4.39 Å². The number of carbonyl (C=O) groups excluding carboxylic acids is 1. The molecule has 8 heteroatoms. The van der Waals surface area contributed by atoms with Crippen LogP contribution in [0.3, 0.4) is 0 Å². The number of halogens is 1. The van der Waals surface area contributed by atoms with E-state index in [4.69, 9.17) is 0 Å². The Hall–Kier alpha value is -2.74. The zero-order valence-corrected chi connectivity index (χ0v) is 14.6. The van der Waals surface area contributed by atoms with Crippen LogP contribution in [-0.4, -0.2) is 51.4 Å². The van der Waals surface area contributed by atoms with E-state index in [1.165, 1.54) is 18.2 Å². The van der Waals surface area contributed by atoms with Gasteiger partial charge in [0.15, 0.2) is 0 Å². The second-order valence-corrected chi connectivity index (χ2v) is 6.47. The minimum Gasteiger partial charge on any atom is -0.336 e. The Balaban J connectivity index is 1.56. The largest absolute Gasteiger partial charge is 0.336 e. The number of nitrogens with one attached hydrogen (secondary N) is 1. The lowest BCUT2D eigenvalue weighted by Gasteiger charge is -2.34. The zero-order valence-electron chi connectivity index (χ0n) is 14.6. The summed E-state index contributed by atoms with van der Waals surface area (Å²) in [4.78, 5) is 42.4. The molecule has 1 aliphatic heterocycles. The number of aromatic amines is 1. The molecule has 1 N–H and O–H groups in total. The van der Waals surface area contributed by atoms with Gasteiger partial charge in [0.2, 0.25) is 5.91 Å². The maximum absolute atomic E-state index is 13.0. The molecule has 26 heavy (non-hydrogen) atoms. The number of hydrogen-bond acceptors (Lipinski definition) is 4. The molecule has 1 aromatic carbocycles. The number of amides is 1. The lowest BCUT2D eigenvalue weighted by Crippen LogP contribution is -2.51. The van der Waals surface area contributed by atoms with Crippen LogP contribution in [0.2, 0.25) is 0 Å². The molecule has 0 bridgehead atoms. The van der Waals surface area contributed by atoms with Gasteiger partial charge in [0.1, 0.15) is 5.82 Å². The van der Waals surface area contributed by atoms with Crippen LogP contribution in [0.5, 0.6) is 0 Å². The minimum absolute atomic E-state index is 0.0225. The molecular weight excluding hydrogens is 339 g/mol. The Morgan fingerprint density at radius 3 is 2.46 bits per heavy atom. The first kappa shape index (κ1) is 18.1. The van der Waals surface area contributed by atoms with Crippen LogP contribution in [0.25, 0.3) is 0 Å². The molecule has 1 aromatic heterocycles. The van der Waals surface area contributed by atoms with Crippen LogP contribution < -0.4 is 11.2 Å². The molecule has 1 saturated heterocycles. The summed E-state index contributed by atoms with van der Waals surface area (Å²) in [7, 11) is 0. The van der Waals surface area contributed by atoms with Crippen molar-refractivity contribution in [3.63, 3.8) is 0 Å². The van der Waals surface area contributed by atoms with Crippen molar-refractivity contribution in [3.05, 3.63) is 68.2 Å². The van der Waals surface area contributed by atoms with Crippen molar-refractivity contribution in [2.24, 2.45) is 0 Å². The molecule has 7 nitrogen and oxygen atoms in total. The number of piperazine rings is 1. The number of hydrogen-bond donors (Lipinski definition) is 1. The quantitative estimate of drug-likeness (QED) is 0.834. The highest BCUT2D eigenvalue weighted by atomic mass is 19.1. The third kappa shape index (κ3) is 4.26. The topological polar surface area (TPSA) is 78.4 Å². The molecule has 1 amide bonds. The first-order chi connectivity index (χ1) is 12.4. The molecule has 2 heterocycles. The highest BCUT2D eigenvalue weighted by Crippen LogP contribution is 2.10. The second-order valence-electron chi connectivity index (χ2n) is 6.47. The SMILES string of the molecule is Cc1cc(=O)n(CCN2CCN(Cc3ccc(F)cc3)C(=O)C2)c(=O)[nH]1. The lowest BCUT2D eigenvalue weighted by atomic mass is 10.2. The first-order valence-corrected chi connectivity index (χ1v) is 8.48. The highest BCUT2D eigenvalue weighted by Gasteiger charge is 2.23. The summed E-state index contributed by atoms with van der Waals surface area (Å²) in [6.45, 7) is 4.23. The monoisotopic (exact) mass is 360 g/mol. The number of rotatable bonds is 5. The second kappa shape index (κ2) is 7.65. The van der Waals surface area contributed by atoms with E-state index in [0.717, 1.165) is 10.1 Å². The lowest BCUT2D eigenvalue weighted by molar-refractivity contribution is -0.136. The Morgan fingerprint density at radius 2 is 1.81 bits per heavy atom.